The van der Waals surface area contributed by atoms with E-state index in [1.165, 1.54) is 11.3 Å². The molecular formula is C15H14N4OS. The van der Waals surface area contributed by atoms with Gasteiger partial charge in [-0.3, -0.25) is 9.78 Å². The molecule has 2 heterocycles. The molecule has 0 unspecified atom stereocenters. The summed E-state index contributed by atoms with van der Waals surface area (Å²) in [5, 5.41) is 3.40. The highest BCUT2D eigenvalue weighted by atomic mass is 32.1. The number of pyridine rings is 1. The molecule has 1 aromatic carbocycles. The SMILES string of the molecule is Nc1nc2cc(C(=O)NCCc3ccccn3)ccc2s1. The van der Waals surface area contributed by atoms with E-state index in [2.05, 4.69) is 15.3 Å². The number of carbonyl (C=O) groups is 1. The van der Waals surface area contributed by atoms with Crippen LogP contribution in [0.4, 0.5) is 5.13 Å². The summed E-state index contributed by atoms with van der Waals surface area (Å²) in [6.45, 7) is 0.549. The van der Waals surface area contributed by atoms with Gasteiger partial charge < -0.3 is 11.1 Å². The fourth-order valence-electron chi connectivity index (χ4n) is 2.04. The summed E-state index contributed by atoms with van der Waals surface area (Å²) in [5.41, 5.74) is 7.97. The van der Waals surface area contributed by atoms with Crippen molar-refractivity contribution in [2.24, 2.45) is 0 Å². The molecule has 21 heavy (non-hydrogen) atoms. The predicted molar refractivity (Wildman–Crippen MR) is 84.3 cm³/mol. The smallest absolute Gasteiger partial charge is 0.251 e. The van der Waals surface area contributed by atoms with Crippen molar-refractivity contribution >= 4 is 32.6 Å². The molecule has 2 aromatic heterocycles. The molecule has 0 atom stereocenters. The number of carbonyl (C=O) groups excluding carboxylic acids is 1. The Hall–Kier alpha value is -2.47. The van der Waals surface area contributed by atoms with Gasteiger partial charge in [0, 0.05) is 30.4 Å². The van der Waals surface area contributed by atoms with E-state index >= 15 is 0 Å². The third-order valence-corrected chi connectivity index (χ3v) is 3.92. The summed E-state index contributed by atoms with van der Waals surface area (Å²) in [6, 6.07) is 11.2. The number of amides is 1. The summed E-state index contributed by atoms with van der Waals surface area (Å²) in [4.78, 5) is 20.5. The molecule has 3 aromatic rings. The molecule has 106 valence electrons. The quantitative estimate of drug-likeness (QED) is 0.774. The molecule has 5 nitrogen and oxygen atoms in total. The molecule has 3 rings (SSSR count). The van der Waals surface area contributed by atoms with Gasteiger partial charge in [0.2, 0.25) is 0 Å². The Bertz CT molecular complexity index is 770. The largest absolute Gasteiger partial charge is 0.375 e. The minimum absolute atomic E-state index is 0.112. The average Bonchev–Trinajstić information content (AvgIpc) is 2.87. The van der Waals surface area contributed by atoms with E-state index in [0.29, 0.717) is 23.7 Å². The van der Waals surface area contributed by atoms with E-state index in [4.69, 9.17) is 5.73 Å². The highest BCUT2D eigenvalue weighted by Crippen LogP contribution is 2.24. The maximum Gasteiger partial charge on any atom is 0.251 e. The lowest BCUT2D eigenvalue weighted by molar-refractivity contribution is 0.0954. The minimum atomic E-state index is -0.112. The van der Waals surface area contributed by atoms with Crippen LogP contribution in [0.2, 0.25) is 0 Å². The molecule has 6 heteroatoms. The predicted octanol–water partition coefficient (Wildman–Crippen LogP) is 2.25. The fraction of sp³-hybridized carbons (Fsp3) is 0.133. The Labute approximate surface area is 125 Å². The molecule has 0 radical (unpaired) electrons. The molecule has 0 aliphatic carbocycles. The molecule has 0 bridgehead atoms. The Balaban J connectivity index is 1.63. The molecule has 1 amide bonds. The van der Waals surface area contributed by atoms with Crippen LogP contribution in [-0.2, 0) is 6.42 Å². The van der Waals surface area contributed by atoms with Crippen molar-refractivity contribution < 1.29 is 4.79 Å². The second-order valence-electron chi connectivity index (χ2n) is 4.56. The van der Waals surface area contributed by atoms with E-state index in [9.17, 15) is 4.79 Å². The summed E-state index contributed by atoms with van der Waals surface area (Å²) in [7, 11) is 0. The van der Waals surface area contributed by atoms with Crippen molar-refractivity contribution in [1.82, 2.24) is 15.3 Å². The second kappa shape index (κ2) is 5.88. The summed E-state index contributed by atoms with van der Waals surface area (Å²) in [6.07, 6.45) is 2.45. The summed E-state index contributed by atoms with van der Waals surface area (Å²) >= 11 is 1.41. The summed E-state index contributed by atoms with van der Waals surface area (Å²) < 4.78 is 0.984. The molecule has 0 saturated carbocycles. The number of anilines is 1. The lowest BCUT2D eigenvalue weighted by atomic mass is 10.2. The van der Waals surface area contributed by atoms with Gasteiger partial charge in [0.05, 0.1) is 10.2 Å². The number of nitrogens with zero attached hydrogens (tertiary/aromatic N) is 2. The molecule has 0 spiro atoms. The van der Waals surface area contributed by atoms with Gasteiger partial charge in [-0.15, -0.1) is 0 Å². The van der Waals surface area contributed by atoms with Crippen LogP contribution in [0.1, 0.15) is 16.1 Å². The maximum absolute atomic E-state index is 12.1. The third kappa shape index (κ3) is 3.17. The zero-order chi connectivity index (χ0) is 14.7. The first kappa shape index (κ1) is 13.5. The second-order valence-corrected chi connectivity index (χ2v) is 5.62. The fourth-order valence-corrected chi connectivity index (χ4v) is 2.75. The number of nitrogens with one attached hydrogen (secondary N) is 1. The standard InChI is InChI=1S/C15H14N4OS/c16-15-19-12-9-10(4-5-13(12)21-15)14(20)18-8-6-11-3-1-2-7-17-11/h1-5,7,9H,6,8H2,(H2,16,19)(H,18,20). The normalized spacial score (nSPS) is 10.7. The molecule has 0 aliphatic rings. The van der Waals surface area contributed by atoms with Crippen LogP contribution in [0.15, 0.2) is 42.6 Å². The first-order chi connectivity index (χ1) is 10.2. The van der Waals surface area contributed by atoms with E-state index < -0.39 is 0 Å². The van der Waals surface area contributed by atoms with Gasteiger partial charge in [-0.25, -0.2) is 4.98 Å². The zero-order valence-corrected chi connectivity index (χ0v) is 12.1. The number of hydrogen-bond acceptors (Lipinski definition) is 5. The minimum Gasteiger partial charge on any atom is -0.375 e. The Morgan fingerprint density at radius 2 is 2.19 bits per heavy atom. The molecular weight excluding hydrogens is 284 g/mol. The van der Waals surface area contributed by atoms with E-state index in [1.807, 2.05) is 24.3 Å². The number of rotatable bonds is 4. The number of aromatic nitrogens is 2. The number of fused-ring (bicyclic) bond motifs is 1. The van der Waals surface area contributed by atoms with Crippen LogP contribution in [0.3, 0.4) is 0 Å². The number of nitrogens with two attached hydrogens (primary N) is 1. The van der Waals surface area contributed by atoms with Gasteiger partial charge in [0.15, 0.2) is 5.13 Å². The number of hydrogen-bond donors (Lipinski definition) is 2. The molecule has 0 saturated heterocycles. The van der Waals surface area contributed by atoms with Gasteiger partial charge in [0.25, 0.3) is 5.91 Å². The van der Waals surface area contributed by atoms with Crippen molar-refractivity contribution in [2.75, 3.05) is 12.3 Å². The molecule has 0 aliphatic heterocycles. The van der Waals surface area contributed by atoms with Crippen molar-refractivity contribution in [3.05, 3.63) is 53.9 Å². The van der Waals surface area contributed by atoms with Crippen molar-refractivity contribution in [1.29, 1.82) is 0 Å². The number of benzene rings is 1. The Morgan fingerprint density at radius 3 is 3.00 bits per heavy atom. The highest BCUT2D eigenvalue weighted by molar-refractivity contribution is 7.22. The van der Waals surface area contributed by atoms with Crippen LogP contribution in [-0.4, -0.2) is 22.4 Å². The Morgan fingerprint density at radius 1 is 1.29 bits per heavy atom. The lowest BCUT2D eigenvalue weighted by Gasteiger charge is -2.05. The topological polar surface area (TPSA) is 80.9 Å². The number of thiazole rings is 1. The van der Waals surface area contributed by atoms with Crippen molar-refractivity contribution in [3.8, 4) is 0 Å². The monoisotopic (exact) mass is 298 g/mol. The van der Waals surface area contributed by atoms with E-state index in [0.717, 1.165) is 15.9 Å². The first-order valence-electron chi connectivity index (χ1n) is 6.56. The highest BCUT2D eigenvalue weighted by Gasteiger charge is 2.08. The first-order valence-corrected chi connectivity index (χ1v) is 7.38. The van der Waals surface area contributed by atoms with Gasteiger partial charge in [-0.2, -0.15) is 0 Å². The van der Waals surface area contributed by atoms with Gasteiger partial charge in [-0.1, -0.05) is 17.4 Å². The van der Waals surface area contributed by atoms with Crippen LogP contribution in [0, 0.1) is 0 Å². The van der Waals surface area contributed by atoms with E-state index in [1.54, 1.807) is 18.3 Å². The molecule has 3 N–H and O–H groups in total. The van der Waals surface area contributed by atoms with Crippen LogP contribution in [0.25, 0.3) is 10.2 Å². The van der Waals surface area contributed by atoms with E-state index in [-0.39, 0.29) is 5.91 Å². The average molecular weight is 298 g/mol. The Kier molecular flexibility index (Phi) is 3.79. The van der Waals surface area contributed by atoms with Gasteiger partial charge in [-0.05, 0) is 30.3 Å². The van der Waals surface area contributed by atoms with Gasteiger partial charge >= 0.3 is 0 Å². The van der Waals surface area contributed by atoms with Crippen molar-refractivity contribution in [3.63, 3.8) is 0 Å². The lowest BCUT2D eigenvalue weighted by Crippen LogP contribution is -2.25. The van der Waals surface area contributed by atoms with Crippen LogP contribution in [0.5, 0.6) is 0 Å². The number of nitrogen functional groups attached to an aromatic ring is 1. The maximum atomic E-state index is 12.1. The van der Waals surface area contributed by atoms with Crippen LogP contribution < -0.4 is 11.1 Å². The van der Waals surface area contributed by atoms with Crippen LogP contribution >= 0.6 is 11.3 Å². The summed E-state index contributed by atoms with van der Waals surface area (Å²) in [5.74, 6) is -0.112. The van der Waals surface area contributed by atoms with Gasteiger partial charge in [0.1, 0.15) is 0 Å². The zero-order valence-electron chi connectivity index (χ0n) is 11.2. The molecule has 0 fully saturated rings. The third-order valence-electron chi connectivity index (χ3n) is 3.06. The van der Waals surface area contributed by atoms with Crippen molar-refractivity contribution in [2.45, 2.75) is 6.42 Å².